The highest BCUT2D eigenvalue weighted by Gasteiger charge is 2.17. The molecule has 3 nitrogen and oxygen atoms in total. The summed E-state index contributed by atoms with van der Waals surface area (Å²) in [5, 5.41) is 19.6. The van der Waals surface area contributed by atoms with E-state index in [2.05, 4.69) is 29.2 Å². The van der Waals surface area contributed by atoms with Crippen molar-refractivity contribution in [2.75, 3.05) is 4.90 Å². The molecule has 0 saturated carbocycles. The number of hydrogen-bond acceptors (Lipinski definition) is 3. The van der Waals surface area contributed by atoms with E-state index in [1.807, 2.05) is 36.4 Å². The maximum atomic E-state index is 9.49. The van der Waals surface area contributed by atoms with Gasteiger partial charge in [-0.3, -0.25) is 0 Å². The topological polar surface area (TPSA) is 43.7 Å². The van der Waals surface area contributed by atoms with Gasteiger partial charge in [-0.2, -0.15) is 0 Å². The van der Waals surface area contributed by atoms with Crippen LogP contribution in [0.15, 0.2) is 78.9 Å². The molecule has 0 atom stereocenters. The van der Waals surface area contributed by atoms with Gasteiger partial charge in [0, 0.05) is 13.1 Å². The van der Waals surface area contributed by atoms with Crippen LogP contribution in [0.2, 0.25) is 5.02 Å². The third-order valence-corrected chi connectivity index (χ3v) is 4.36. The average Bonchev–Trinajstić information content (AvgIpc) is 2.63. The second-order valence-corrected chi connectivity index (χ2v) is 6.32. The molecule has 3 rings (SSSR count). The smallest absolute Gasteiger partial charge is 0.423 e. The molecule has 0 aliphatic heterocycles. The van der Waals surface area contributed by atoms with Crippen molar-refractivity contribution in [1.29, 1.82) is 0 Å². The van der Waals surface area contributed by atoms with Gasteiger partial charge in [0.15, 0.2) is 0 Å². The minimum atomic E-state index is -1.52. The lowest BCUT2D eigenvalue weighted by Gasteiger charge is -2.27. The van der Waals surface area contributed by atoms with Crippen molar-refractivity contribution in [3.8, 4) is 0 Å². The number of anilines is 1. The predicted molar refractivity (Wildman–Crippen MR) is 104 cm³/mol. The number of rotatable bonds is 6. The lowest BCUT2D eigenvalue weighted by Crippen LogP contribution is -2.31. The second-order valence-electron chi connectivity index (χ2n) is 5.91. The zero-order chi connectivity index (χ0) is 17.6. The average molecular weight is 352 g/mol. The highest BCUT2D eigenvalue weighted by Crippen LogP contribution is 2.27. The van der Waals surface area contributed by atoms with Crippen LogP contribution in [0, 0.1) is 0 Å². The van der Waals surface area contributed by atoms with E-state index in [9.17, 15) is 10.0 Å². The fourth-order valence-corrected chi connectivity index (χ4v) is 3.00. The molecule has 0 bridgehead atoms. The van der Waals surface area contributed by atoms with Gasteiger partial charge in [0.05, 0.1) is 10.7 Å². The first kappa shape index (κ1) is 17.6. The van der Waals surface area contributed by atoms with E-state index in [1.165, 1.54) is 0 Å². The Kier molecular flexibility index (Phi) is 5.77. The monoisotopic (exact) mass is 351 g/mol. The molecule has 0 saturated heterocycles. The molecule has 0 heterocycles. The van der Waals surface area contributed by atoms with Crippen LogP contribution in [0.5, 0.6) is 0 Å². The van der Waals surface area contributed by atoms with E-state index in [0.29, 0.717) is 23.6 Å². The summed E-state index contributed by atoms with van der Waals surface area (Å²) < 4.78 is 0. The molecule has 0 radical (unpaired) electrons. The summed E-state index contributed by atoms with van der Waals surface area (Å²) >= 11 is 6.42. The molecule has 0 aromatic heterocycles. The van der Waals surface area contributed by atoms with Gasteiger partial charge < -0.3 is 14.9 Å². The Bertz CT molecular complexity index is 771. The minimum absolute atomic E-state index is 0.422. The fourth-order valence-electron chi connectivity index (χ4n) is 2.77. The first-order valence-corrected chi connectivity index (χ1v) is 8.49. The summed E-state index contributed by atoms with van der Waals surface area (Å²) in [7, 11) is -1.52. The van der Waals surface area contributed by atoms with Crippen LogP contribution in [-0.2, 0) is 13.1 Å². The Hall–Kier alpha value is -2.27. The summed E-state index contributed by atoms with van der Waals surface area (Å²) in [5.41, 5.74) is 3.51. The van der Waals surface area contributed by atoms with Crippen LogP contribution in [0.3, 0.4) is 0 Å². The van der Waals surface area contributed by atoms with E-state index in [1.54, 1.807) is 18.2 Å². The van der Waals surface area contributed by atoms with Crippen LogP contribution >= 0.6 is 11.6 Å². The van der Waals surface area contributed by atoms with Gasteiger partial charge in [0.1, 0.15) is 0 Å². The number of hydrogen-bond donors (Lipinski definition) is 2. The van der Waals surface area contributed by atoms with Crippen LogP contribution in [0.1, 0.15) is 11.1 Å². The quantitative estimate of drug-likeness (QED) is 0.670. The first-order chi connectivity index (χ1) is 12.1. The summed E-state index contributed by atoms with van der Waals surface area (Å²) in [5.74, 6) is 0. The molecule has 0 unspecified atom stereocenters. The second kappa shape index (κ2) is 8.21. The number of nitrogens with zero attached hydrogens (tertiary/aromatic N) is 1. The molecular weight excluding hydrogens is 332 g/mol. The highest BCUT2D eigenvalue weighted by molar-refractivity contribution is 6.58. The van der Waals surface area contributed by atoms with Gasteiger partial charge in [-0.15, -0.1) is 0 Å². The maximum absolute atomic E-state index is 9.49. The lowest BCUT2D eigenvalue weighted by molar-refractivity contribution is 0.426. The molecule has 0 aliphatic carbocycles. The third-order valence-electron chi connectivity index (χ3n) is 4.04. The molecule has 5 heteroatoms. The van der Waals surface area contributed by atoms with Gasteiger partial charge in [0.2, 0.25) is 0 Å². The molecule has 3 aromatic rings. The molecular formula is C20H19BClNO2. The lowest BCUT2D eigenvalue weighted by atomic mass is 9.80. The van der Waals surface area contributed by atoms with Crippen molar-refractivity contribution in [3.63, 3.8) is 0 Å². The van der Waals surface area contributed by atoms with Crippen LogP contribution in [0.4, 0.5) is 5.69 Å². The number of halogens is 1. The summed E-state index contributed by atoms with van der Waals surface area (Å²) in [4.78, 5) is 2.14. The Labute approximate surface area is 153 Å². The molecule has 2 N–H and O–H groups in total. The van der Waals surface area contributed by atoms with Crippen molar-refractivity contribution in [1.82, 2.24) is 0 Å². The van der Waals surface area contributed by atoms with Gasteiger partial charge in [-0.25, -0.2) is 0 Å². The third kappa shape index (κ3) is 4.64. The molecule has 3 aromatic carbocycles. The standard InChI is InChI=1S/C20H19BClNO2/c22-19-12-11-18(21(24)25)13-20(19)23(14-16-7-3-1-4-8-16)15-17-9-5-2-6-10-17/h1-13,24-25H,14-15H2. The van der Waals surface area contributed by atoms with Crippen molar-refractivity contribution in [2.24, 2.45) is 0 Å². The Morgan fingerprint density at radius 1 is 0.760 bits per heavy atom. The Balaban J connectivity index is 1.97. The molecule has 0 aliphatic rings. The summed E-state index contributed by atoms with van der Waals surface area (Å²) in [6, 6.07) is 25.3. The van der Waals surface area contributed by atoms with Crippen molar-refractivity contribution >= 4 is 29.9 Å². The maximum Gasteiger partial charge on any atom is 0.488 e. The zero-order valence-corrected chi connectivity index (χ0v) is 14.5. The molecule has 0 fully saturated rings. The minimum Gasteiger partial charge on any atom is -0.423 e. The van der Waals surface area contributed by atoms with Gasteiger partial charge in [-0.1, -0.05) is 78.3 Å². The van der Waals surface area contributed by atoms with Crippen molar-refractivity contribution < 1.29 is 10.0 Å². The van der Waals surface area contributed by atoms with E-state index < -0.39 is 7.12 Å². The van der Waals surface area contributed by atoms with Crippen LogP contribution < -0.4 is 10.4 Å². The molecule has 0 spiro atoms. The Morgan fingerprint density at radius 3 is 1.76 bits per heavy atom. The van der Waals surface area contributed by atoms with Gasteiger partial charge in [-0.05, 0) is 28.7 Å². The normalized spacial score (nSPS) is 10.5. The molecule has 0 amide bonds. The van der Waals surface area contributed by atoms with Crippen molar-refractivity contribution in [2.45, 2.75) is 13.1 Å². The fraction of sp³-hybridized carbons (Fsp3) is 0.100. The summed E-state index contributed by atoms with van der Waals surface area (Å²) in [6.45, 7) is 1.33. The summed E-state index contributed by atoms with van der Waals surface area (Å²) in [6.07, 6.45) is 0. The molecule has 126 valence electrons. The molecule has 25 heavy (non-hydrogen) atoms. The van der Waals surface area contributed by atoms with E-state index >= 15 is 0 Å². The van der Waals surface area contributed by atoms with Crippen LogP contribution in [0.25, 0.3) is 0 Å². The highest BCUT2D eigenvalue weighted by atomic mass is 35.5. The number of benzene rings is 3. The first-order valence-electron chi connectivity index (χ1n) is 8.12. The zero-order valence-electron chi connectivity index (χ0n) is 13.7. The van der Waals surface area contributed by atoms with Gasteiger partial charge >= 0.3 is 7.12 Å². The van der Waals surface area contributed by atoms with Gasteiger partial charge in [0.25, 0.3) is 0 Å². The Morgan fingerprint density at radius 2 is 1.28 bits per heavy atom. The van der Waals surface area contributed by atoms with E-state index in [-0.39, 0.29) is 0 Å². The van der Waals surface area contributed by atoms with E-state index in [4.69, 9.17) is 11.6 Å². The van der Waals surface area contributed by atoms with Crippen molar-refractivity contribution in [3.05, 3.63) is 95.0 Å². The van der Waals surface area contributed by atoms with E-state index in [0.717, 1.165) is 16.8 Å². The SMILES string of the molecule is OB(O)c1ccc(Cl)c(N(Cc2ccccc2)Cc2ccccc2)c1. The predicted octanol–water partition coefficient (Wildman–Crippen LogP) is 3.23. The largest absolute Gasteiger partial charge is 0.488 e. The van der Waals surface area contributed by atoms with Crippen LogP contribution in [-0.4, -0.2) is 17.2 Å².